The molecule has 2 aliphatic heterocycles. The summed E-state index contributed by atoms with van der Waals surface area (Å²) in [5.41, 5.74) is 2.28. The van der Waals surface area contributed by atoms with Gasteiger partial charge < -0.3 is 15.0 Å². The Morgan fingerprint density at radius 2 is 1.51 bits per heavy atom. The van der Waals surface area contributed by atoms with E-state index in [1.165, 1.54) is 6.26 Å². The number of ether oxygens (including phenoxy) is 1. The van der Waals surface area contributed by atoms with Crippen molar-refractivity contribution >= 4 is 56.5 Å². The molecule has 0 saturated carbocycles. The van der Waals surface area contributed by atoms with E-state index in [4.69, 9.17) is 32.9 Å². The lowest BCUT2D eigenvalue weighted by Crippen LogP contribution is -2.54. The van der Waals surface area contributed by atoms with Crippen LogP contribution in [0.15, 0.2) is 71.7 Å². The molecule has 2 aliphatic rings. The van der Waals surface area contributed by atoms with Crippen LogP contribution in [0.1, 0.15) is 56.5 Å². The highest BCUT2D eigenvalue weighted by Gasteiger charge is 2.45. The van der Waals surface area contributed by atoms with Crippen LogP contribution in [0, 0.1) is 5.41 Å². The Bertz CT molecular complexity index is 1800. The fourth-order valence-electron chi connectivity index (χ4n) is 5.84. The molecule has 3 aromatic carbocycles. The van der Waals surface area contributed by atoms with Gasteiger partial charge >= 0.3 is 6.03 Å². The predicted molar refractivity (Wildman–Crippen MR) is 196 cm³/mol. The quantitative estimate of drug-likeness (QED) is 0.263. The highest BCUT2D eigenvalue weighted by molar-refractivity contribution is 7.90. The number of hydrogen-bond acceptors (Lipinski definition) is 7. The van der Waals surface area contributed by atoms with E-state index in [-0.39, 0.29) is 17.7 Å². The van der Waals surface area contributed by atoms with E-state index in [1.807, 2.05) is 70.2 Å². The minimum atomic E-state index is -3.11. The first-order valence-corrected chi connectivity index (χ1v) is 19.1. The number of benzene rings is 3. The third-order valence-corrected chi connectivity index (χ3v) is 10.0. The van der Waals surface area contributed by atoms with Gasteiger partial charge in [-0.05, 0) is 54.4 Å². The van der Waals surface area contributed by atoms with Crippen molar-refractivity contribution in [3.63, 3.8) is 0 Å². The summed E-state index contributed by atoms with van der Waals surface area (Å²) >= 11 is 12.6. The lowest BCUT2D eigenvalue weighted by Gasteiger charge is -2.39. The molecule has 2 heterocycles. The number of halogens is 2. The van der Waals surface area contributed by atoms with Crippen molar-refractivity contribution in [2.45, 2.75) is 39.8 Å². The van der Waals surface area contributed by atoms with Gasteiger partial charge in [-0.2, -0.15) is 0 Å². The third-order valence-electron chi connectivity index (χ3n) is 8.58. The molecular weight excluding hydrogens is 685 g/mol. The Labute approximate surface area is 298 Å². The molecule has 0 spiro atoms. The van der Waals surface area contributed by atoms with Crippen molar-refractivity contribution in [1.82, 2.24) is 14.7 Å². The average molecular weight is 729 g/mol. The second kappa shape index (κ2) is 15.1. The zero-order valence-corrected chi connectivity index (χ0v) is 30.8. The first-order valence-electron chi connectivity index (χ1n) is 16.3. The molecule has 262 valence electrons. The summed E-state index contributed by atoms with van der Waals surface area (Å²) in [4.78, 5) is 38.5. The van der Waals surface area contributed by atoms with Crippen molar-refractivity contribution in [1.29, 1.82) is 0 Å². The third kappa shape index (κ3) is 8.94. The van der Waals surface area contributed by atoms with Crippen LogP contribution in [-0.2, 0) is 14.6 Å². The monoisotopic (exact) mass is 727 g/mol. The number of amides is 3. The van der Waals surface area contributed by atoms with Crippen molar-refractivity contribution in [2.75, 3.05) is 56.7 Å². The summed E-state index contributed by atoms with van der Waals surface area (Å²) in [5, 5.41) is 4.13. The Kier molecular flexibility index (Phi) is 11.3. The van der Waals surface area contributed by atoms with Gasteiger partial charge in [0.15, 0.2) is 0 Å². The second-order valence-electron chi connectivity index (χ2n) is 13.4. The average Bonchev–Trinajstić information content (AvgIpc) is 3.44. The van der Waals surface area contributed by atoms with Gasteiger partial charge in [-0.25, -0.2) is 13.2 Å². The number of hydrogen-bond donors (Lipinski definition) is 1. The molecule has 1 saturated heterocycles. The summed E-state index contributed by atoms with van der Waals surface area (Å²) < 4.78 is 29.7. The molecule has 3 aromatic rings. The lowest BCUT2D eigenvalue weighted by atomic mass is 9.93. The number of piperazine rings is 1. The van der Waals surface area contributed by atoms with E-state index in [2.05, 4.69) is 10.2 Å². The van der Waals surface area contributed by atoms with E-state index < -0.39 is 27.3 Å². The first-order chi connectivity index (χ1) is 23.1. The molecular formula is C36H43Cl2N5O5S. The highest BCUT2D eigenvalue weighted by atomic mass is 35.5. The Morgan fingerprint density at radius 3 is 2.06 bits per heavy atom. The lowest BCUT2D eigenvalue weighted by molar-refractivity contribution is -0.123. The second-order valence-corrected chi connectivity index (χ2v) is 16.5. The van der Waals surface area contributed by atoms with E-state index in [1.54, 1.807) is 34.1 Å². The van der Waals surface area contributed by atoms with Crippen LogP contribution in [0.5, 0.6) is 5.75 Å². The first kappa shape index (κ1) is 36.6. The number of rotatable bonds is 9. The minimum absolute atomic E-state index is 0.0672. The maximum atomic E-state index is 14.8. The molecule has 0 bridgehead atoms. The van der Waals surface area contributed by atoms with Crippen LogP contribution >= 0.6 is 23.2 Å². The number of sulfone groups is 1. The summed E-state index contributed by atoms with van der Waals surface area (Å²) in [6, 6.07) is 19.0. The fourth-order valence-corrected chi connectivity index (χ4v) is 6.68. The van der Waals surface area contributed by atoms with Crippen molar-refractivity contribution < 1.29 is 22.7 Å². The van der Waals surface area contributed by atoms with Crippen LogP contribution in [0.4, 0.5) is 10.5 Å². The van der Waals surface area contributed by atoms with Crippen LogP contribution in [-0.4, -0.2) is 92.2 Å². The molecule has 0 unspecified atom stereocenters. The molecule has 0 radical (unpaired) electrons. The number of nitrogens with zero attached hydrogens (tertiary/aromatic N) is 4. The summed E-state index contributed by atoms with van der Waals surface area (Å²) in [5.74, 6) is 0.834. The number of amidine groups is 1. The Morgan fingerprint density at radius 1 is 0.918 bits per heavy atom. The molecule has 49 heavy (non-hydrogen) atoms. The number of nitrogens with one attached hydrogen (secondary N) is 1. The van der Waals surface area contributed by atoms with Gasteiger partial charge in [-0.3, -0.25) is 19.6 Å². The Hall–Kier alpha value is -3.64. The standard InChI is InChI=1S/C36H43Cl2N5O5S/c1-6-48-30-23-28(39-34(44)36(2,3)4)15-16-29(30)33-40-31(24-7-11-26(37)12-8-24)32(25-9-13-27(38)14-10-25)43(33)35(45)42-19-17-41(18-20-42)21-22-49(5,46)47/h7-16,23,31-32H,6,17-22H2,1-5H3,(H,39,44)/t31-,32+/m0/s1. The van der Waals surface area contributed by atoms with Gasteiger partial charge in [0.1, 0.15) is 27.5 Å². The number of urea groups is 1. The molecule has 0 aliphatic carbocycles. The van der Waals surface area contributed by atoms with Crippen molar-refractivity contribution in [2.24, 2.45) is 10.4 Å². The number of carbonyl (C=O) groups is 2. The zero-order chi connectivity index (χ0) is 35.5. The fraction of sp³-hybridized carbons (Fsp3) is 0.417. The maximum Gasteiger partial charge on any atom is 0.326 e. The van der Waals surface area contributed by atoms with Crippen LogP contribution in [0.3, 0.4) is 0 Å². The molecule has 13 heteroatoms. The number of carbonyl (C=O) groups excluding carboxylic acids is 2. The molecule has 1 N–H and O–H groups in total. The van der Waals surface area contributed by atoms with Gasteiger partial charge in [0.25, 0.3) is 0 Å². The topological polar surface area (TPSA) is 112 Å². The highest BCUT2D eigenvalue weighted by Crippen LogP contribution is 2.46. The summed E-state index contributed by atoms with van der Waals surface area (Å²) in [6.07, 6.45) is 1.23. The number of anilines is 1. The van der Waals surface area contributed by atoms with Crippen LogP contribution < -0.4 is 10.1 Å². The molecule has 1 fully saturated rings. The van der Waals surface area contributed by atoms with Gasteiger partial charge in [0.05, 0.1) is 24.0 Å². The van der Waals surface area contributed by atoms with Gasteiger partial charge in [0, 0.05) is 66.2 Å². The predicted octanol–water partition coefficient (Wildman–Crippen LogP) is 6.70. The van der Waals surface area contributed by atoms with Crippen molar-refractivity contribution in [3.05, 3.63) is 93.5 Å². The smallest absolute Gasteiger partial charge is 0.326 e. The van der Waals surface area contributed by atoms with Gasteiger partial charge in [-0.1, -0.05) is 68.2 Å². The maximum absolute atomic E-state index is 14.8. The molecule has 5 rings (SSSR count). The summed E-state index contributed by atoms with van der Waals surface area (Å²) in [6.45, 7) is 10.1. The SMILES string of the molecule is CCOc1cc(NC(=O)C(C)(C)C)ccc1C1=N[C@@H](c2ccc(Cl)cc2)[C@@H](c2ccc(Cl)cc2)N1C(=O)N1CCN(CCS(C)(=O)=O)CC1. The van der Waals surface area contributed by atoms with E-state index >= 15 is 0 Å². The van der Waals surface area contributed by atoms with E-state index in [0.29, 0.717) is 72.2 Å². The van der Waals surface area contributed by atoms with E-state index in [0.717, 1.165) is 11.1 Å². The van der Waals surface area contributed by atoms with E-state index in [9.17, 15) is 18.0 Å². The largest absolute Gasteiger partial charge is 0.493 e. The number of aliphatic imine (C=N–C) groups is 1. The van der Waals surface area contributed by atoms with Crippen LogP contribution in [0.2, 0.25) is 10.0 Å². The molecule has 2 atom stereocenters. The Balaban J connectivity index is 1.59. The van der Waals surface area contributed by atoms with Gasteiger partial charge in [0.2, 0.25) is 5.91 Å². The molecule has 3 amide bonds. The molecule has 10 nitrogen and oxygen atoms in total. The minimum Gasteiger partial charge on any atom is -0.493 e. The van der Waals surface area contributed by atoms with Gasteiger partial charge in [-0.15, -0.1) is 0 Å². The van der Waals surface area contributed by atoms with Crippen molar-refractivity contribution in [3.8, 4) is 5.75 Å². The normalized spacial score (nSPS) is 18.7. The zero-order valence-electron chi connectivity index (χ0n) is 28.4. The van der Waals surface area contributed by atoms with Crippen LogP contribution in [0.25, 0.3) is 0 Å². The molecule has 0 aromatic heterocycles. The summed E-state index contributed by atoms with van der Waals surface area (Å²) in [7, 11) is -3.11.